The lowest BCUT2D eigenvalue weighted by atomic mass is 10.1. The molecule has 8 nitrogen and oxygen atoms in total. The molecule has 190 valence electrons. The summed E-state index contributed by atoms with van der Waals surface area (Å²) in [5, 5.41) is 2.81. The third kappa shape index (κ3) is 4.80. The Morgan fingerprint density at radius 3 is 2.67 bits per heavy atom. The van der Waals surface area contributed by atoms with E-state index in [1.54, 1.807) is 41.9 Å². The topological polar surface area (TPSA) is 87.5 Å². The Hall–Kier alpha value is -3.44. The van der Waals surface area contributed by atoms with Gasteiger partial charge in [-0.05, 0) is 62.4 Å². The minimum Gasteiger partial charge on any atom is -0.368 e. The van der Waals surface area contributed by atoms with Crippen molar-refractivity contribution in [3.05, 3.63) is 71.6 Å². The van der Waals surface area contributed by atoms with Crippen molar-refractivity contribution in [1.82, 2.24) is 14.5 Å². The van der Waals surface area contributed by atoms with Gasteiger partial charge >= 0.3 is 0 Å². The second-order valence-electron chi connectivity index (χ2n) is 8.89. The molecule has 0 unspecified atom stereocenters. The van der Waals surface area contributed by atoms with E-state index in [0.717, 1.165) is 22.3 Å². The molecule has 1 saturated heterocycles. The SMILES string of the molecule is Cc1cc2cc(F)ccc2n1CC(=O)N1CCN(c2ccc(S(=O)(=O)Nc3nccs3)cc2)C[C@@H]1C.[HH]. The van der Waals surface area contributed by atoms with E-state index in [1.165, 1.54) is 23.5 Å². The molecule has 1 aliphatic rings. The minimum absolute atomic E-state index is 0. The number of fused-ring (bicyclic) bond motifs is 1. The van der Waals surface area contributed by atoms with Crippen LogP contribution < -0.4 is 9.62 Å². The summed E-state index contributed by atoms with van der Waals surface area (Å²) in [7, 11) is -3.70. The fourth-order valence-electron chi connectivity index (χ4n) is 4.66. The first-order valence-corrected chi connectivity index (χ1v) is 13.9. The van der Waals surface area contributed by atoms with Gasteiger partial charge in [0.15, 0.2) is 5.13 Å². The molecule has 3 heterocycles. The number of halogens is 1. The third-order valence-corrected chi connectivity index (χ3v) is 8.65. The highest BCUT2D eigenvalue weighted by atomic mass is 32.2. The van der Waals surface area contributed by atoms with Crippen LogP contribution in [-0.4, -0.2) is 54.5 Å². The molecule has 0 aliphatic carbocycles. The number of carbonyl (C=O) groups excluding carboxylic acids is 1. The van der Waals surface area contributed by atoms with Gasteiger partial charge in [0, 0.05) is 61.0 Å². The summed E-state index contributed by atoms with van der Waals surface area (Å²) in [6, 6.07) is 13.2. The van der Waals surface area contributed by atoms with E-state index in [-0.39, 0.29) is 30.6 Å². The summed E-state index contributed by atoms with van der Waals surface area (Å²) in [5.74, 6) is -0.279. The zero-order valence-electron chi connectivity index (χ0n) is 19.9. The lowest BCUT2D eigenvalue weighted by molar-refractivity contribution is -0.134. The Bertz CT molecular complexity index is 1510. The number of amides is 1. The highest BCUT2D eigenvalue weighted by Gasteiger charge is 2.28. The van der Waals surface area contributed by atoms with Crippen molar-refractivity contribution in [1.29, 1.82) is 0 Å². The molecule has 2 aromatic carbocycles. The summed E-state index contributed by atoms with van der Waals surface area (Å²) in [5.41, 5.74) is 2.65. The maximum atomic E-state index is 13.6. The molecule has 4 aromatic rings. The molecule has 0 bridgehead atoms. The standard InChI is InChI=1S/C25H26FN5O3S2.H2/c1-17-13-19-14-20(26)3-8-23(19)31(17)16-24(32)30-11-10-29(15-18(30)2)21-4-6-22(7-5-21)36(33,34)28-25-27-9-12-35-25;/h3-9,12-14,18H,10-11,15-16H2,1-2H3,(H,27,28);1H/t18-;/m0./s1. The summed E-state index contributed by atoms with van der Waals surface area (Å²) < 4.78 is 43.2. The minimum atomic E-state index is -3.70. The molecular weight excluding hydrogens is 501 g/mol. The molecule has 1 aliphatic heterocycles. The van der Waals surface area contributed by atoms with E-state index >= 15 is 0 Å². The van der Waals surface area contributed by atoms with Crippen molar-refractivity contribution in [2.45, 2.75) is 31.3 Å². The molecule has 5 rings (SSSR count). The Morgan fingerprint density at radius 2 is 1.97 bits per heavy atom. The number of anilines is 2. The van der Waals surface area contributed by atoms with Crippen LogP contribution >= 0.6 is 11.3 Å². The Kier molecular flexibility index (Phi) is 6.44. The van der Waals surface area contributed by atoms with Crippen molar-refractivity contribution in [2.24, 2.45) is 0 Å². The quantitative estimate of drug-likeness (QED) is 0.402. The summed E-state index contributed by atoms with van der Waals surface area (Å²) in [6.07, 6.45) is 1.54. The van der Waals surface area contributed by atoms with Gasteiger partial charge in [-0.3, -0.25) is 9.52 Å². The summed E-state index contributed by atoms with van der Waals surface area (Å²) in [4.78, 5) is 21.4. The van der Waals surface area contributed by atoms with Gasteiger partial charge in [0.25, 0.3) is 10.0 Å². The fourth-order valence-corrected chi connectivity index (χ4v) is 6.45. The molecule has 1 N–H and O–H groups in total. The first-order valence-electron chi connectivity index (χ1n) is 11.5. The number of sulfonamides is 1. The zero-order chi connectivity index (χ0) is 25.4. The number of thiazole rings is 1. The van der Waals surface area contributed by atoms with Crippen LogP contribution in [0, 0.1) is 12.7 Å². The molecule has 0 saturated carbocycles. The Labute approximate surface area is 214 Å². The monoisotopic (exact) mass is 529 g/mol. The van der Waals surface area contributed by atoms with Crippen LogP contribution in [0.15, 0.2) is 65.0 Å². The van der Waals surface area contributed by atoms with Crippen LogP contribution in [0.3, 0.4) is 0 Å². The van der Waals surface area contributed by atoms with E-state index in [9.17, 15) is 17.6 Å². The average molecular weight is 530 g/mol. The number of carbonyl (C=O) groups is 1. The maximum Gasteiger partial charge on any atom is 0.263 e. The van der Waals surface area contributed by atoms with Crippen LogP contribution in [0.2, 0.25) is 0 Å². The largest absolute Gasteiger partial charge is 0.368 e. The van der Waals surface area contributed by atoms with Gasteiger partial charge in [-0.1, -0.05) is 0 Å². The van der Waals surface area contributed by atoms with E-state index < -0.39 is 10.0 Å². The average Bonchev–Trinajstić information content (AvgIpc) is 3.45. The first kappa shape index (κ1) is 24.3. The van der Waals surface area contributed by atoms with Gasteiger partial charge in [-0.2, -0.15) is 0 Å². The predicted molar refractivity (Wildman–Crippen MR) is 141 cm³/mol. The highest BCUT2D eigenvalue weighted by Crippen LogP contribution is 2.25. The van der Waals surface area contributed by atoms with Crippen molar-refractivity contribution in [3.8, 4) is 0 Å². The third-order valence-electron chi connectivity index (χ3n) is 6.48. The van der Waals surface area contributed by atoms with Gasteiger partial charge in [-0.15, -0.1) is 11.3 Å². The molecule has 0 radical (unpaired) electrons. The summed E-state index contributed by atoms with van der Waals surface area (Å²) >= 11 is 1.22. The molecule has 1 amide bonds. The second-order valence-corrected chi connectivity index (χ2v) is 11.5. The number of nitrogens with one attached hydrogen (secondary N) is 1. The lowest BCUT2D eigenvalue weighted by Crippen LogP contribution is -2.54. The van der Waals surface area contributed by atoms with Crippen molar-refractivity contribution in [2.75, 3.05) is 29.3 Å². The van der Waals surface area contributed by atoms with Crippen LogP contribution in [0.5, 0.6) is 0 Å². The van der Waals surface area contributed by atoms with E-state index in [4.69, 9.17) is 0 Å². The molecule has 1 fully saturated rings. The van der Waals surface area contributed by atoms with Crippen LogP contribution in [0.1, 0.15) is 14.0 Å². The number of piperazine rings is 1. The van der Waals surface area contributed by atoms with Crippen molar-refractivity contribution >= 4 is 49.0 Å². The summed E-state index contributed by atoms with van der Waals surface area (Å²) in [6.45, 7) is 5.95. The highest BCUT2D eigenvalue weighted by molar-refractivity contribution is 7.93. The number of hydrogen-bond donors (Lipinski definition) is 1. The van der Waals surface area contributed by atoms with Crippen LogP contribution in [0.4, 0.5) is 15.2 Å². The zero-order valence-corrected chi connectivity index (χ0v) is 21.5. The molecule has 1 atom stereocenters. The normalized spacial score (nSPS) is 16.5. The maximum absolute atomic E-state index is 13.6. The lowest BCUT2D eigenvalue weighted by Gasteiger charge is -2.41. The number of aromatic nitrogens is 2. The van der Waals surface area contributed by atoms with Gasteiger partial charge in [0.2, 0.25) is 5.91 Å². The molecular formula is C25H28FN5O3S2. The molecule has 11 heteroatoms. The van der Waals surface area contributed by atoms with Crippen LogP contribution in [0.25, 0.3) is 10.9 Å². The number of benzene rings is 2. The predicted octanol–water partition coefficient (Wildman–Crippen LogP) is 4.33. The molecule has 0 spiro atoms. The van der Waals surface area contributed by atoms with Crippen molar-refractivity contribution < 1.29 is 19.0 Å². The second kappa shape index (κ2) is 9.55. The number of hydrogen-bond acceptors (Lipinski definition) is 6. The van der Waals surface area contributed by atoms with Crippen LogP contribution in [-0.2, 0) is 21.4 Å². The van der Waals surface area contributed by atoms with Gasteiger partial charge in [-0.25, -0.2) is 17.8 Å². The Morgan fingerprint density at radius 1 is 1.19 bits per heavy atom. The smallest absolute Gasteiger partial charge is 0.263 e. The fraction of sp³-hybridized carbons (Fsp3) is 0.280. The number of aryl methyl sites for hydroxylation is 1. The first-order chi connectivity index (χ1) is 17.2. The van der Waals surface area contributed by atoms with Crippen molar-refractivity contribution in [3.63, 3.8) is 0 Å². The van der Waals surface area contributed by atoms with Gasteiger partial charge < -0.3 is 14.4 Å². The number of nitrogens with zero attached hydrogens (tertiary/aromatic N) is 4. The molecule has 2 aromatic heterocycles. The molecule has 36 heavy (non-hydrogen) atoms. The Balaban J connectivity index is 0.00000320. The van der Waals surface area contributed by atoms with E-state index in [2.05, 4.69) is 14.6 Å². The van der Waals surface area contributed by atoms with E-state index in [1.807, 2.05) is 29.4 Å². The van der Waals surface area contributed by atoms with E-state index in [0.29, 0.717) is 24.8 Å². The van der Waals surface area contributed by atoms with Gasteiger partial charge in [0.1, 0.15) is 12.4 Å². The number of rotatable bonds is 6. The van der Waals surface area contributed by atoms with Gasteiger partial charge in [0.05, 0.1) is 4.90 Å².